The SMILES string of the molecule is CCOC(=O)C(Cc1cnc2ccc(O)cc2c1)NC(=O)OC(C)(C)C. The predicted octanol–water partition coefficient (Wildman–Crippen LogP) is 2.94. The Morgan fingerprint density at radius 3 is 2.65 bits per heavy atom. The molecule has 1 aromatic heterocycles. The third kappa shape index (κ3) is 5.61. The summed E-state index contributed by atoms with van der Waals surface area (Å²) in [4.78, 5) is 28.6. The molecule has 1 unspecified atom stereocenters. The van der Waals surface area contributed by atoms with Crippen LogP contribution >= 0.6 is 0 Å². The van der Waals surface area contributed by atoms with Gasteiger partial charge in [0.05, 0.1) is 12.1 Å². The molecule has 1 aromatic carbocycles. The zero-order chi connectivity index (χ0) is 19.3. The van der Waals surface area contributed by atoms with Crippen molar-refractivity contribution in [2.45, 2.75) is 45.8 Å². The van der Waals surface area contributed by atoms with E-state index in [0.717, 1.165) is 16.5 Å². The molecule has 1 atom stereocenters. The Kier molecular flexibility index (Phi) is 6.02. The van der Waals surface area contributed by atoms with Gasteiger partial charge in [-0.25, -0.2) is 9.59 Å². The number of nitrogens with one attached hydrogen (secondary N) is 1. The largest absolute Gasteiger partial charge is 0.508 e. The summed E-state index contributed by atoms with van der Waals surface area (Å²) in [7, 11) is 0. The molecule has 0 aliphatic heterocycles. The average molecular weight is 360 g/mol. The Labute approximate surface area is 152 Å². The fourth-order valence-electron chi connectivity index (χ4n) is 2.40. The van der Waals surface area contributed by atoms with E-state index < -0.39 is 23.7 Å². The van der Waals surface area contributed by atoms with E-state index in [9.17, 15) is 14.7 Å². The number of hydrogen-bond acceptors (Lipinski definition) is 6. The number of aromatic nitrogens is 1. The number of amides is 1. The number of carbonyl (C=O) groups excluding carboxylic acids is 2. The molecule has 26 heavy (non-hydrogen) atoms. The lowest BCUT2D eigenvalue weighted by Crippen LogP contribution is -2.45. The molecule has 0 radical (unpaired) electrons. The quantitative estimate of drug-likeness (QED) is 0.796. The topological polar surface area (TPSA) is 97.8 Å². The maximum atomic E-state index is 12.2. The molecule has 0 aliphatic rings. The third-order valence-electron chi connectivity index (χ3n) is 3.42. The summed E-state index contributed by atoms with van der Waals surface area (Å²) in [6.45, 7) is 7.13. The summed E-state index contributed by atoms with van der Waals surface area (Å²) in [5.41, 5.74) is 0.766. The van der Waals surface area contributed by atoms with Gasteiger partial charge in [0.1, 0.15) is 17.4 Å². The number of carbonyl (C=O) groups is 2. The maximum absolute atomic E-state index is 12.2. The van der Waals surface area contributed by atoms with Gasteiger partial charge in [-0.15, -0.1) is 0 Å². The summed E-state index contributed by atoms with van der Waals surface area (Å²) in [5, 5.41) is 12.9. The molecule has 1 heterocycles. The van der Waals surface area contributed by atoms with Gasteiger partial charge in [0.15, 0.2) is 0 Å². The number of phenolic OH excluding ortho intramolecular Hbond substituents is 1. The van der Waals surface area contributed by atoms with Crippen molar-refractivity contribution < 1.29 is 24.2 Å². The highest BCUT2D eigenvalue weighted by Crippen LogP contribution is 2.20. The predicted molar refractivity (Wildman–Crippen MR) is 96.9 cm³/mol. The van der Waals surface area contributed by atoms with Crippen LogP contribution in [-0.2, 0) is 20.7 Å². The minimum Gasteiger partial charge on any atom is -0.508 e. The molecular formula is C19H24N2O5. The smallest absolute Gasteiger partial charge is 0.408 e. The lowest BCUT2D eigenvalue weighted by Gasteiger charge is -2.23. The van der Waals surface area contributed by atoms with Crippen molar-refractivity contribution in [3.8, 4) is 5.75 Å². The van der Waals surface area contributed by atoms with Crippen LogP contribution < -0.4 is 5.32 Å². The van der Waals surface area contributed by atoms with E-state index in [1.54, 1.807) is 52.1 Å². The van der Waals surface area contributed by atoms with Crippen molar-refractivity contribution in [3.63, 3.8) is 0 Å². The first-order chi connectivity index (χ1) is 12.2. The van der Waals surface area contributed by atoms with Gasteiger partial charge in [-0.1, -0.05) is 0 Å². The van der Waals surface area contributed by atoms with Gasteiger partial charge in [0, 0.05) is 18.0 Å². The van der Waals surface area contributed by atoms with E-state index in [1.165, 1.54) is 0 Å². The number of esters is 1. The van der Waals surface area contributed by atoms with Gasteiger partial charge in [0.25, 0.3) is 0 Å². The first-order valence-corrected chi connectivity index (χ1v) is 8.42. The molecule has 0 spiro atoms. The highest BCUT2D eigenvalue weighted by molar-refractivity contribution is 5.83. The van der Waals surface area contributed by atoms with E-state index in [1.807, 2.05) is 6.07 Å². The molecule has 0 aliphatic carbocycles. The fourth-order valence-corrected chi connectivity index (χ4v) is 2.40. The lowest BCUT2D eigenvalue weighted by atomic mass is 10.1. The van der Waals surface area contributed by atoms with Crippen molar-refractivity contribution in [2.75, 3.05) is 6.61 Å². The van der Waals surface area contributed by atoms with Crippen LogP contribution in [-0.4, -0.2) is 40.4 Å². The first kappa shape index (κ1) is 19.5. The maximum Gasteiger partial charge on any atom is 0.408 e. The van der Waals surface area contributed by atoms with Crippen LogP contribution in [0.2, 0.25) is 0 Å². The number of rotatable bonds is 5. The second kappa shape index (κ2) is 8.03. The molecule has 2 aromatic rings. The standard InChI is InChI=1S/C19H24N2O5/c1-5-25-17(23)16(21-18(24)26-19(2,3)4)9-12-8-13-10-14(22)6-7-15(13)20-11-12/h6-8,10-11,16,22H,5,9H2,1-4H3,(H,21,24). The van der Waals surface area contributed by atoms with Crippen LogP contribution in [0.1, 0.15) is 33.3 Å². The van der Waals surface area contributed by atoms with Gasteiger partial charge < -0.3 is 19.9 Å². The van der Waals surface area contributed by atoms with Crippen molar-refractivity contribution >= 4 is 23.0 Å². The number of hydrogen-bond donors (Lipinski definition) is 2. The minimum atomic E-state index is -0.902. The van der Waals surface area contributed by atoms with Crippen LogP contribution in [0.15, 0.2) is 30.5 Å². The zero-order valence-corrected chi connectivity index (χ0v) is 15.4. The van der Waals surface area contributed by atoms with Crippen molar-refractivity contribution in [1.29, 1.82) is 0 Å². The summed E-state index contributed by atoms with van der Waals surface area (Å²) in [5.74, 6) is -0.417. The zero-order valence-electron chi connectivity index (χ0n) is 15.4. The van der Waals surface area contributed by atoms with Gasteiger partial charge in [-0.3, -0.25) is 4.98 Å². The lowest BCUT2D eigenvalue weighted by molar-refractivity contribution is -0.145. The summed E-state index contributed by atoms with van der Waals surface area (Å²) in [6.07, 6.45) is 1.13. The molecule has 0 bridgehead atoms. The molecule has 0 saturated heterocycles. The average Bonchev–Trinajstić information content (AvgIpc) is 2.52. The number of phenols is 1. The molecule has 7 heteroatoms. The number of ether oxygens (including phenoxy) is 2. The minimum absolute atomic E-state index is 0.130. The molecule has 0 fully saturated rings. The summed E-state index contributed by atoms with van der Waals surface area (Å²) in [6, 6.07) is 5.76. The number of pyridine rings is 1. The molecule has 1 amide bonds. The molecule has 2 N–H and O–H groups in total. The van der Waals surface area contributed by atoms with E-state index in [0.29, 0.717) is 0 Å². The number of alkyl carbamates (subject to hydrolysis) is 1. The number of nitrogens with zero attached hydrogens (tertiary/aromatic N) is 1. The van der Waals surface area contributed by atoms with Gasteiger partial charge >= 0.3 is 12.1 Å². The Bertz CT molecular complexity index is 798. The molecule has 2 rings (SSSR count). The van der Waals surface area contributed by atoms with E-state index in [2.05, 4.69) is 10.3 Å². The normalized spacial score (nSPS) is 12.5. The Hall–Kier alpha value is -2.83. The summed E-state index contributed by atoms with van der Waals surface area (Å²) < 4.78 is 10.3. The third-order valence-corrected chi connectivity index (χ3v) is 3.42. The number of fused-ring (bicyclic) bond motifs is 1. The second-order valence-corrected chi connectivity index (χ2v) is 6.88. The van der Waals surface area contributed by atoms with E-state index >= 15 is 0 Å². The van der Waals surface area contributed by atoms with E-state index in [-0.39, 0.29) is 18.8 Å². The van der Waals surface area contributed by atoms with Gasteiger partial charge in [-0.05, 0) is 57.5 Å². The Morgan fingerprint density at radius 1 is 1.27 bits per heavy atom. The van der Waals surface area contributed by atoms with Gasteiger partial charge in [-0.2, -0.15) is 0 Å². The highest BCUT2D eigenvalue weighted by Gasteiger charge is 2.25. The molecule has 7 nitrogen and oxygen atoms in total. The van der Waals surface area contributed by atoms with Crippen molar-refractivity contribution in [2.24, 2.45) is 0 Å². The van der Waals surface area contributed by atoms with Crippen LogP contribution in [0, 0.1) is 0 Å². The molecule has 140 valence electrons. The van der Waals surface area contributed by atoms with E-state index in [4.69, 9.17) is 9.47 Å². The first-order valence-electron chi connectivity index (χ1n) is 8.42. The Morgan fingerprint density at radius 2 is 2.00 bits per heavy atom. The van der Waals surface area contributed by atoms with Crippen LogP contribution in [0.5, 0.6) is 5.75 Å². The number of aromatic hydroxyl groups is 1. The Balaban J connectivity index is 2.20. The van der Waals surface area contributed by atoms with Crippen LogP contribution in [0.4, 0.5) is 4.79 Å². The summed E-state index contributed by atoms with van der Waals surface area (Å²) >= 11 is 0. The monoisotopic (exact) mass is 360 g/mol. The van der Waals surface area contributed by atoms with Crippen molar-refractivity contribution in [1.82, 2.24) is 10.3 Å². The van der Waals surface area contributed by atoms with Crippen LogP contribution in [0.25, 0.3) is 10.9 Å². The highest BCUT2D eigenvalue weighted by atomic mass is 16.6. The van der Waals surface area contributed by atoms with Gasteiger partial charge in [0.2, 0.25) is 0 Å². The van der Waals surface area contributed by atoms with Crippen molar-refractivity contribution in [3.05, 3.63) is 36.0 Å². The van der Waals surface area contributed by atoms with Crippen LogP contribution in [0.3, 0.4) is 0 Å². The number of benzene rings is 1. The molecular weight excluding hydrogens is 336 g/mol. The molecule has 0 saturated carbocycles. The second-order valence-electron chi connectivity index (χ2n) is 6.88. The fraction of sp³-hybridized carbons (Fsp3) is 0.421.